The number of benzene rings is 5. The minimum Gasteiger partial charge on any atom is -0.455 e. The van der Waals surface area contributed by atoms with Gasteiger partial charge in [-0.1, -0.05) is 102 Å². The van der Waals surface area contributed by atoms with Gasteiger partial charge in [0.05, 0.1) is 20.9 Å². The summed E-state index contributed by atoms with van der Waals surface area (Å²) in [7, 11) is 0. The largest absolute Gasteiger partial charge is 0.455 e. The Bertz CT molecular complexity index is 2410. The average molecular weight is 591 g/mol. The van der Waals surface area contributed by atoms with Crippen molar-refractivity contribution in [2.45, 2.75) is 52.4 Å². The number of thiazole rings is 1. The van der Waals surface area contributed by atoms with Crippen LogP contribution in [0.3, 0.4) is 0 Å². The van der Waals surface area contributed by atoms with E-state index in [9.17, 15) is 0 Å². The molecule has 0 aliphatic rings. The summed E-state index contributed by atoms with van der Waals surface area (Å²) in [4.78, 5) is 10.1. The van der Waals surface area contributed by atoms with Crippen LogP contribution < -0.4 is 0 Å². The molecule has 0 fully saturated rings. The maximum Gasteiger partial charge on any atom is 0.144 e. The number of fused-ring (bicyclic) bond motifs is 8. The third kappa shape index (κ3) is 4.23. The average Bonchev–Trinajstić information content (AvgIpc) is 3.63. The van der Waals surface area contributed by atoms with Gasteiger partial charge in [-0.2, -0.15) is 0 Å². The molecular formula is C40H34N2OS. The Morgan fingerprint density at radius 2 is 1.36 bits per heavy atom. The first-order valence-electron chi connectivity index (χ1n) is 15.2. The number of rotatable bonds is 2. The summed E-state index contributed by atoms with van der Waals surface area (Å²) < 4.78 is 7.91. The van der Waals surface area contributed by atoms with Gasteiger partial charge in [-0.15, -0.1) is 11.3 Å². The van der Waals surface area contributed by atoms with Gasteiger partial charge in [-0.25, -0.2) is 4.98 Å². The molecule has 0 aliphatic carbocycles. The van der Waals surface area contributed by atoms with Gasteiger partial charge in [0.1, 0.15) is 11.2 Å². The van der Waals surface area contributed by atoms with Crippen molar-refractivity contribution in [2.24, 2.45) is 0 Å². The molecule has 0 amide bonds. The zero-order valence-corrected chi connectivity index (χ0v) is 26.8. The lowest BCUT2D eigenvalue weighted by atomic mass is 9.82. The van der Waals surface area contributed by atoms with Gasteiger partial charge in [-0.05, 0) is 63.2 Å². The normalized spacial score (nSPS) is 12.8. The first-order chi connectivity index (χ1) is 21.1. The van der Waals surface area contributed by atoms with Crippen LogP contribution in [0.15, 0.2) is 102 Å². The molecule has 8 aromatic rings. The summed E-state index contributed by atoms with van der Waals surface area (Å²) >= 11 is 1.80. The van der Waals surface area contributed by atoms with Crippen molar-refractivity contribution in [3.8, 4) is 22.4 Å². The maximum atomic E-state index is 6.67. The summed E-state index contributed by atoms with van der Waals surface area (Å²) in [5.74, 6) is 0. The van der Waals surface area contributed by atoms with Crippen molar-refractivity contribution >= 4 is 65.0 Å². The highest BCUT2D eigenvalue weighted by Crippen LogP contribution is 2.42. The van der Waals surface area contributed by atoms with Crippen molar-refractivity contribution in [3.05, 3.63) is 108 Å². The lowest BCUT2D eigenvalue weighted by Gasteiger charge is -2.23. The SMILES string of the molecule is CC(C)(C)c1nc2c(ccc3cc(-c4cc(-c5cccc6c5oc5c7ccccc7ccc65)ncc4C(C)(C)C)ccc32)s1. The summed E-state index contributed by atoms with van der Waals surface area (Å²) in [5, 5.41) is 8.11. The predicted octanol–water partition coefficient (Wildman–Crippen LogP) is 11.8. The topological polar surface area (TPSA) is 38.9 Å². The Balaban J connectivity index is 1.32. The van der Waals surface area contributed by atoms with Crippen molar-refractivity contribution < 1.29 is 4.42 Å². The second kappa shape index (κ2) is 9.48. The van der Waals surface area contributed by atoms with Crippen LogP contribution in [0.4, 0.5) is 0 Å². The fraction of sp³-hybridized carbons (Fsp3) is 0.200. The first kappa shape index (κ1) is 27.0. The van der Waals surface area contributed by atoms with Crippen LogP contribution in [0.25, 0.3) is 76.1 Å². The molecule has 0 unspecified atom stereocenters. The molecule has 0 saturated carbocycles. The maximum absolute atomic E-state index is 6.67. The Morgan fingerprint density at radius 3 is 2.18 bits per heavy atom. The second-order valence-corrected chi connectivity index (χ2v) is 15.0. The zero-order chi connectivity index (χ0) is 30.4. The molecule has 5 aromatic carbocycles. The molecule has 0 N–H and O–H groups in total. The summed E-state index contributed by atoms with van der Waals surface area (Å²) in [5.41, 5.74) is 8.34. The number of nitrogens with zero attached hydrogens (tertiary/aromatic N) is 2. The standard InChI is InChI=1S/C40H34N2OS/c1-39(2,3)32-22-41-33(30-13-9-12-28-29-18-14-23-10-7-8-11-27(23)36(29)43-37(28)30)21-31(32)25-15-17-26-24(20-25)16-19-34-35(26)42-38(44-34)40(4,5)6/h7-22H,1-6H3. The van der Waals surface area contributed by atoms with E-state index in [2.05, 4.69) is 139 Å². The van der Waals surface area contributed by atoms with Gasteiger partial charge in [0.15, 0.2) is 0 Å². The van der Waals surface area contributed by atoms with E-state index in [1.807, 2.05) is 0 Å². The summed E-state index contributed by atoms with van der Waals surface area (Å²) in [6.45, 7) is 13.5. The van der Waals surface area contributed by atoms with Crippen molar-refractivity contribution in [3.63, 3.8) is 0 Å². The van der Waals surface area contributed by atoms with Crippen LogP contribution in [-0.2, 0) is 10.8 Å². The zero-order valence-electron chi connectivity index (χ0n) is 25.9. The van der Waals surface area contributed by atoms with Crippen LogP contribution in [0.2, 0.25) is 0 Å². The fourth-order valence-corrected chi connectivity index (χ4v) is 7.41. The minimum atomic E-state index is -0.0828. The number of para-hydroxylation sites is 1. The molecular weight excluding hydrogens is 557 g/mol. The van der Waals surface area contributed by atoms with Gasteiger partial charge < -0.3 is 4.42 Å². The van der Waals surface area contributed by atoms with Crippen LogP contribution >= 0.6 is 11.3 Å². The number of pyridine rings is 1. The molecule has 44 heavy (non-hydrogen) atoms. The van der Waals surface area contributed by atoms with Crippen LogP contribution in [0, 0.1) is 0 Å². The number of aromatic nitrogens is 2. The van der Waals surface area contributed by atoms with Gasteiger partial charge in [0, 0.05) is 38.7 Å². The van der Waals surface area contributed by atoms with Gasteiger partial charge in [0.25, 0.3) is 0 Å². The van der Waals surface area contributed by atoms with E-state index >= 15 is 0 Å². The first-order valence-corrected chi connectivity index (χ1v) is 16.1. The molecule has 4 heteroatoms. The molecule has 0 aliphatic heterocycles. The van der Waals surface area contributed by atoms with Gasteiger partial charge >= 0.3 is 0 Å². The summed E-state index contributed by atoms with van der Waals surface area (Å²) in [6.07, 6.45) is 2.06. The fourth-order valence-electron chi connectivity index (χ4n) is 6.37. The van der Waals surface area contributed by atoms with Crippen LogP contribution in [-0.4, -0.2) is 9.97 Å². The van der Waals surface area contributed by atoms with Crippen molar-refractivity contribution in [1.29, 1.82) is 0 Å². The smallest absolute Gasteiger partial charge is 0.144 e. The molecule has 0 spiro atoms. The van der Waals surface area contributed by atoms with E-state index in [1.165, 1.54) is 42.6 Å². The number of hydrogen-bond acceptors (Lipinski definition) is 4. The molecule has 0 bridgehead atoms. The Hall–Kier alpha value is -4.54. The molecule has 8 rings (SSSR count). The van der Waals surface area contributed by atoms with Gasteiger partial charge in [-0.3, -0.25) is 4.98 Å². The molecule has 216 valence electrons. The van der Waals surface area contributed by atoms with E-state index in [-0.39, 0.29) is 10.8 Å². The third-order valence-electron chi connectivity index (χ3n) is 8.70. The summed E-state index contributed by atoms with van der Waals surface area (Å²) in [6, 6.07) is 32.7. The Kier molecular flexibility index (Phi) is 5.82. The van der Waals surface area contributed by atoms with Crippen molar-refractivity contribution in [1.82, 2.24) is 9.97 Å². The Morgan fingerprint density at radius 1 is 0.614 bits per heavy atom. The second-order valence-electron chi connectivity index (χ2n) is 13.9. The predicted molar refractivity (Wildman–Crippen MR) is 188 cm³/mol. The number of hydrogen-bond donors (Lipinski definition) is 0. The molecule has 0 radical (unpaired) electrons. The minimum absolute atomic E-state index is 0.0286. The number of furan rings is 1. The highest BCUT2D eigenvalue weighted by Gasteiger charge is 2.23. The molecule has 0 saturated heterocycles. The van der Waals surface area contributed by atoms with Gasteiger partial charge in [0.2, 0.25) is 0 Å². The van der Waals surface area contributed by atoms with E-state index in [1.54, 1.807) is 11.3 Å². The Labute approximate surface area is 261 Å². The lowest BCUT2D eigenvalue weighted by molar-refractivity contribution is 0.587. The lowest BCUT2D eigenvalue weighted by Crippen LogP contribution is -2.13. The quantitative estimate of drug-likeness (QED) is 0.201. The monoisotopic (exact) mass is 590 g/mol. The van der Waals surface area contributed by atoms with E-state index in [4.69, 9.17) is 14.4 Å². The van der Waals surface area contributed by atoms with E-state index in [0.717, 1.165) is 44.1 Å². The van der Waals surface area contributed by atoms with E-state index < -0.39 is 0 Å². The van der Waals surface area contributed by atoms with Crippen molar-refractivity contribution in [2.75, 3.05) is 0 Å². The third-order valence-corrected chi connectivity index (χ3v) is 10.2. The molecule has 3 heterocycles. The molecule has 3 aromatic heterocycles. The highest BCUT2D eigenvalue weighted by molar-refractivity contribution is 7.18. The van der Waals surface area contributed by atoms with E-state index in [0.29, 0.717) is 0 Å². The van der Waals surface area contributed by atoms with Crippen LogP contribution in [0.1, 0.15) is 52.1 Å². The van der Waals surface area contributed by atoms with Crippen LogP contribution in [0.5, 0.6) is 0 Å². The highest BCUT2D eigenvalue weighted by atomic mass is 32.1. The molecule has 0 atom stereocenters. The molecule has 3 nitrogen and oxygen atoms in total.